The molecule has 1 heterocycles. The van der Waals surface area contributed by atoms with Crippen molar-refractivity contribution in [1.29, 1.82) is 0 Å². The summed E-state index contributed by atoms with van der Waals surface area (Å²) in [7, 11) is 0. The molecule has 0 aliphatic heterocycles. The van der Waals surface area contributed by atoms with Crippen LogP contribution in [0.25, 0.3) is 6.08 Å². The zero-order valence-electron chi connectivity index (χ0n) is 17.4. The van der Waals surface area contributed by atoms with Gasteiger partial charge in [0.1, 0.15) is 10.8 Å². The van der Waals surface area contributed by atoms with Gasteiger partial charge in [0, 0.05) is 21.0 Å². The second kappa shape index (κ2) is 10.3. The van der Waals surface area contributed by atoms with Gasteiger partial charge in [-0.25, -0.2) is 4.79 Å². The van der Waals surface area contributed by atoms with Crippen LogP contribution in [0.15, 0.2) is 28.7 Å². The van der Waals surface area contributed by atoms with Gasteiger partial charge in [-0.15, -0.1) is 11.3 Å². The average Bonchev–Trinajstić information content (AvgIpc) is 3.05. The molecule has 2 aromatic rings. The summed E-state index contributed by atoms with van der Waals surface area (Å²) >= 11 is 4.93. The van der Waals surface area contributed by atoms with Crippen LogP contribution in [0.2, 0.25) is 0 Å². The Balaban J connectivity index is 1.84. The lowest BCUT2D eigenvalue weighted by molar-refractivity contribution is -0.111. The van der Waals surface area contributed by atoms with E-state index in [0.29, 0.717) is 35.4 Å². The normalized spacial score (nSPS) is 15.7. The van der Waals surface area contributed by atoms with Crippen molar-refractivity contribution in [2.45, 2.75) is 40.0 Å². The number of thiophene rings is 1. The molecule has 3 rings (SSSR count). The second-order valence-corrected chi connectivity index (χ2v) is 9.23. The van der Waals surface area contributed by atoms with Crippen molar-refractivity contribution in [2.75, 3.05) is 18.5 Å². The highest BCUT2D eigenvalue weighted by molar-refractivity contribution is 9.10. The summed E-state index contributed by atoms with van der Waals surface area (Å²) in [6.07, 6.45) is 5.97. The Bertz CT molecular complexity index is 966. The van der Waals surface area contributed by atoms with Crippen LogP contribution in [0.5, 0.6) is 5.75 Å². The Morgan fingerprint density at radius 1 is 1.30 bits per heavy atom. The van der Waals surface area contributed by atoms with Gasteiger partial charge in [-0.05, 0) is 68.9 Å². The maximum Gasteiger partial charge on any atom is 0.341 e. The summed E-state index contributed by atoms with van der Waals surface area (Å²) in [5, 5.41) is 3.47. The molecule has 1 aliphatic carbocycles. The van der Waals surface area contributed by atoms with Crippen LogP contribution in [0.3, 0.4) is 0 Å². The number of halogens is 1. The van der Waals surface area contributed by atoms with Crippen molar-refractivity contribution in [1.82, 2.24) is 0 Å². The predicted octanol–water partition coefficient (Wildman–Crippen LogP) is 5.86. The van der Waals surface area contributed by atoms with Crippen LogP contribution in [0.1, 0.15) is 53.6 Å². The Hall–Kier alpha value is -2.12. The zero-order chi connectivity index (χ0) is 21.7. The van der Waals surface area contributed by atoms with E-state index >= 15 is 0 Å². The number of nitrogens with one attached hydrogen (secondary N) is 1. The predicted molar refractivity (Wildman–Crippen MR) is 124 cm³/mol. The number of rotatable bonds is 7. The number of anilines is 1. The van der Waals surface area contributed by atoms with E-state index in [1.165, 1.54) is 22.3 Å². The monoisotopic (exact) mass is 491 g/mol. The molecule has 0 radical (unpaired) electrons. The first-order valence-corrected chi connectivity index (χ1v) is 11.8. The Morgan fingerprint density at radius 3 is 2.83 bits per heavy atom. The number of carbonyl (C=O) groups excluding carboxylic acids is 2. The minimum absolute atomic E-state index is 0.297. The van der Waals surface area contributed by atoms with E-state index in [4.69, 9.17) is 9.47 Å². The van der Waals surface area contributed by atoms with E-state index in [1.54, 1.807) is 13.0 Å². The highest BCUT2D eigenvalue weighted by Gasteiger charge is 2.28. The number of amides is 1. The van der Waals surface area contributed by atoms with Crippen molar-refractivity contribution in [3.63, 3.8) is 0 Å². The first-order valence-electron chi connectivity index (χ1n) is 10.2. The fourth-order valence-electron chi connectivity index (χ4n) is 3.51. The summed E-state index contributed by atoms with van der Waals surface area (Å²) < 4.78 is 11.8. The first-order chi connectivity index (χ1) is 14.4. The van der Waals surface area contributed by atoms with Gasteiger partial charge in [-0.2, -0.15) is 0 Å². The number of esters is 1. The van der Waals surface area contributed by atoms with Gasteiger partial charge in [0.2, 0.25) is 5.91 Å². The van der Waals surface area contributed by atoms with Gasteiger partial charge in [0.25, 0.3) is 0 Å². The van der Waals surface area contributed by atoms with Crippen LogP contribution in [0.4, 0.5) is 5.00 Å². The molecule has 1 unspecified atom stereocenters. The van der Waals surface area contributed by atoms with E-state index in [2.05, 4.69) is 28.2 Å². The maximum atomic E-state index is 12.7. The number of benzene rings is 1. The minimum atomic E-state index is -0.366. The van der Waals surface area contributed by atoms with Gasteiger partial charge in [-0.1, -0.05) is 22.9 Å². The van der Waals surface area contributed by atoms with E-state index in [-0.39, 0.29) is 11.9 Å². The Labute approximate surface area is 189 Å². The van der Waals surface area contributed by atoms with Gasteiger partial charge >= 0.3 is 5.97 Å². The van der Waals surface area contributed by atoms with Crippen LogP contribution in [-0.2, 0) is 22.4 Å². The molecule has 5 nitrogen and oxygen atoms in total. The standard InChI is InChI=1S/C23H26BrNO4S/c1-4-28-18-10-8-16(24)13-15(18)7-11-20(26)25-22-21(23(27)29-5-2)17-9-6-14(3)12-19(17)30-22/h7-8,10-11,13-14H,4-6,9,12H2,1-3H3,(H,25,26)/b11-7+. The fraction of sp³-hybridized carbons (Fsp3) is 0.391. The SMILES string of the molecule is CCOC(=O)c1c(NC(=O)/C=C/c2cc(Br)ccc2OCC)sc2c1CCC(C)C2. The lowest BCUT2D eigenvalue weighted by Gasteiger charge is -2.18. The summed E-state index contributed by atoms with van der Waals surface area (Å²) in [4.78, 5) is 26.4. The molecule has 1 N–H and O–H groups in total. The summed E-state index contributed by atoms with van der Waals surface area (Å²) in [6, 6.07) is 5.65. The lowest BCUT2D eigenvalue weighted by atomic mass is 9.88. The summed E-state index contributed by atoms with van der Waals surface area (Å²) in [5.41, 5.74) is 2.34. The number of carbonyl (C=O) groups is 2. The van der Waals surface area contributed by atoms with E-state index in [1.807, 2.05) is 25.1 Å². The highest BCUT2D eigenvalue weighted by atomic mass is 79.9. The largest absolute Gasteiger partial charge is 0.493 e. The van der Waals surface area contributed by atoms with E-state index < -0.39 is 0 Å². The summed E-state index contributed by atoms with van der Waals surface area (Å²) in [5.74, 6) is 0.616. The van der Waals surface area contributed by atoms with Crippen molar-refractivity contribution in [3.8, 4) is 5.75 Å². The molecule has 30 heavy (non-hydrogen) atoms. The molecular formula is C23H26BrNO4S. The quantitative estimate of drug-likeness (QED) is 0.388. The third-order valence-corrected chi connectivity index (χ3v) is 6.58. The molecular weight excluding hydrogens is 466 g/mol. The van der Waals surface area contributed by atoms with Crippen LogP contribution < -0.4 is 10.1 Å². The number of hydrogen-bond donors (Lipinski definition) is 1. The van der Waals surface area contributed by atoms with Gasteiger partial charge < -0.3 is 14.8 Å². The number of hydrogen-bond acceptors (Lipinski definition) is 5. The maximum absolute atomic E-state index is 12.7. The molecule has 0 fully saturated rings. The average molecular weight is 492 g/mol. The van der Waals surface area contributed by atoms with Gasteiger partial charge in [0.05, 0.1) is 18.8 Å². The van der Waals surface area contributed by atoms with Gasteiger partial charge in [0.15, 0.2) is 0 Å². The van der Waals surface area contributed by atoms with Crippen LogP contribution >= 0.6 is 27.3 Å². The third kappa shape index (κ3) is 5.32. The Morgan fingerprint density at radius 2 is 2.10 bits per heavy atom. The molecule has 1 aromatic carbocycles. The first kappa shape index (κ1) is 22.6. The summed E-state index contributed by atoms with van der Waals surface area (Å²) in [6.45, 7) is 6.75. The molecule has 0 spiro atoms. The van der Waals surface area contributed by atoms with Crippen molar-refractivity contribution < 1.29 is 19.1 Å². The molecule has 1 aromatic heterocycles. The fourth-order valence-corrected chi connectivity index (χ4v) is 5.29. The second-order valence-electron chi connectivity index (χ2n) is 7.21. The molecule has 1 aliphatic rings. The van der Waals surface area contributed by atoms with Crippen molar-refractivity contribution in [2.24, 2.45) is 5.92 Å². The molecule has 0 bridgehead atoms. The molecule has 160 valence electrons. The molecule has 0 saturated heterocycles. The third-order valence-electron chi connectivity index (χ3n) is 4.91. The topological polar surface area (TPSA) is 64.6 Å². The zero-order valence-corrected chi connectivity index (χ0v) is 19.8. The van der Waals surface area contributed by atoms with Crippen molar-refractivity contribution >= 4 is 50.2 Å². The molecule has 0 saturated carbocycles. The van der Waals surface area contributed by atoms with Crippen LogP contribution in [0, 0.1) is 5.92 Å². The molecule has 7 heteroatoms. The number of ether oxygens (including phenoxy) is 2. The Kier molecular flexibility index (Phi) is 7.72. The van der Waals surface area contributed by atoms with E-state index in [9.17, 15) is 9.59 Å². The molecule has 1 amide bonds. The van der Waals surface area contributed by atoms with E-state index in [0.717, 1.165) is 34.9 Å². The molecule has 1 atom stereocenters. The van der Waals surface area contributed by atoms with Crippen LogP contribution in [-0.4, -0.2) is 25.1 Å². The highest BCUT2D eigenvalue weighted by Crippen LogP contribution is 2.40. The lowest BCUT2D eigenvalue weighted by Crippen LogP contribution is -2.15. The minimum Gasteiger partial charge on any atom is -0.493 e. The number of fused-ring (bicyclic) bond motifs is 1. The smallest absolute Gasteiger partial charge is 0.341 e. The van der Waals surface area contributed by atoms with Gasteiger partial charge in [-0.3, -0.25) is 4.79 Å². The van der Waals surface area contributed by atoms with Crippen molar-refractivity contribution in [3.05, 3.63) is 50.3 Å².